The minimum atomic E-state index is -3.70. The molecule has 11 heteroatoms. The van der Waals surface area contributed by atoms with Gasteiger partial charge in [0.05, 0.1) is 23.7 Å². The molecule has 1 aromatic heterocycles. The van der Waals surface area contributed by atoms with E-state index in [0.717, 1.165) is 5.56 Å². The maximum atomic E-state index is 13.1. The number of carbonyl (C=O) groups is 2. The Morgan fingerprint density at radius 2 is 1.71 bits per heavy atom. The van der Waals surface area contributed by atoms with Crippen LogP contribution in [0.15, 0.2) is 65.1 Å². The van der Waals surface area contributed by atoms with Crippen LogP contribution in [0.5, 0.6) is 5.75 Å². The fraction of sp³-hybridized carbons (Fsp3) is 0.292. The van der Waals surface area contributed by atoms with Crippen LogP contribution >= 0.6 is 11.3 Å². The van der Waals surface area contributed by atoms with Crippen molar-refractivity contribution in [1.29, 1.82) is 0 Å². The normalized spacial score (nSPS) is 12.6. The van der Waals surface area contributed by atoms with Gasteiger partial charge >= 0.3 is 0 Å². The minimum absolute atomic E-state index is 0.0821. The van der Waals surface area contributed by atoms with Crippen LogP contribution in [0.2, 0.25) is 0 Å². The molecule has 3 rings (SSSR count). The van der Waals surface area contributed by atoms with Gasteiger partial charge in [0.2, 0.25) is 15.9 Å². The molecule has 3 N–H and O–H groups in total. The van der Waals surface area contributed by atoms with Gasteiger partial charge in [-0.25, -0.2) is 13.1 Å². The van der Waals surface area contributed by atoms with Crippen LogP contribution in [0.25, 0.3) is 0 Å². The van der Waals surface area contributed by atoms with Gasteiger partial charge in [0, 0.05) is 17.6 Å². The molecule has 2 aromatic carbocycles. The Morgan fingerprint density at radius 1 is 1.06 bits per heavy atom. The van der Waals surface area contributed by atoms with Crippen LogP contribution in [0.4, 0.5) is 5.69 Å². The monoisotopic (exact) mass is 516 g/mol. The average molecular weight is 517 g/mol. The number of anilines is 1. The third-order valence-corrected chi connectivity index (χ3v) is 7.30. The largest absolute Gasteiger partial charge is 0.497 e. The fourth-order valence-corrected chi connectivity index (χ4v) is 5.11. The van der Waals surface area contributed by atoms with Crippen LogP contribution in [0, 0.1) is 0 Å². The summed E-state index contributed by atoms with van der Waals surface area (Å²) in [6, 6.07) is 12.1. The fourth-order valence-electron chi connectivity index (χ4n) is 3.17. The first-order valence-electron chi connectivity index (χ1n) is 10.7. The number of ether oxygens (including phenoxy) is 1. The second-order valence-electron chi connectivity index (χ2n) is 8.81. The molecule has 35 heavy (non-hydrogen) atoms. The molecular formula is C24H28N4O5S2. The Balaban J connectivity index is 1.76. The van der Waals surface area contributed by atoms with E-state index < -0.39 is 33.4 Å². The second-order valence-corrected chi connectivity index (χ2v) is 11.4. The van der Waals surface area contributed by atoms with Crippen molar-refractivity contribution in [2.75, 3.05) is 12.4 Å². The third-order valence-electron chi connectivity index (χ3n) is 4.75. The number of hydrogen-bond acceptors (Lipinski definition) is 7. The average Bonchev–Trinajstić information content (AvgIpc) is 3.33. The number of hydrogen-bond donors (Lipinski definition) is 3. The molecule has 186 valence electrons. The summed E-state index contributed by atoms with van der Waals surface area (Å²) >= 11 is 1.17. The summed E-state index contributed by atoms with van der Waals surface area (Å²) < 4.78 is 32.8. The molecule has 0 unspecified atom stereocenters. The van der Waals surface area contributed by atoms with Crippen molar-refractivity contribution >= 4 is 38.9 Å². The number of methoxy groups -OCH3 is 1. The van der Waals surface area contributed by atoms with E-state index >= 15 is 0 Å². The van der Waals surface area contributed by atoms with Gasteiger partial charge in [-0.1, -0.05) is 12.1 Å². The van der Waals surface area contributed by atoms with Crippen LogP contribution in [0.1, 0.15) is 36.0 Å². The minimum Gasteiger partial charge on any atom is -0.497 e. The van der Waals surface area contributed by atoms with E-state index in [9.17, 15) is 18.0 Å². The summed E-state index contributed by atoms with van der Waals surface area (Å²) in [6.07, 6.45) is 1.68. The highest BCUT2D eigenvalue weighted by molar-refractivity contribution is 7.89. The Labute approximate surface area is 209 Å². The third kappa shape index (κ3) is 7.61. The van der Waals surface area contributed by atoms with Crippen LogP contribution in [-0.4, -0.2) is 43.9 Å². The van der Waals surface area contributed by atoms with Crippen molar-refractivity contribution < 1.29 is 22.7 Å². The van der Waals surface area contributed by atoms with Crippen LogP contribution in [0.3, 0.4) is 0 Å². The summed E-state index contributed by atoms with van der Waals surface area (Å²) in [7, 11) is -2.14. The smallest absolute Gasteiger partial charge is 0.263 e. The van der Waals surface area contributed by atoms with E-state index in [0.29, 0.717) is 16.3 Å². The number of thiazole rings is 1. The van der Waals surface area contributed by atoms with E-state index in [-0.39, 0.29) is 11.3 Å². The summed E-state index contributed by atoms with van der Waals surface area (Å²) in [5, 5.41) is 5.52. The molecule has 0 saturated carbocycles. The maximum absolute atomic E-state index is 13.1. The van der Waals surface area contributed by atoms with Crippen molar-refractivity contribution in [2.45, 2.75) is 43.7 Å². The summed E-state index contributed by atoms with van der Waals surface area (Å²) in [4.78, 5) is 30.1. The molecule has 2 amide bonds. The molecule has 0 fully saturated rings. The van der Waals surface area contributed by atoms with Gasteiger partial charge in [0.25, 0.3) is 5.91 Å². The molecule has 0 radical (unpaired) electrons. The predicted octanol–water partition coefficient (Wildman–Crippen LogP) is 3.21. The maximum Gasteiger partial charge on any atom is 0.263 e. The number of carbonyl (C=O) groups excluding carboxylic acids is 2. The molecule has 1 atom stereocenters. The number of nitrogens with one attached hydrogen (secondary N) is 3. The van der Waals surface area contributed by atoms with E-state index in [2.05, 4.69) is 20.3 Å². The first-order valence-corrected chi connectivity index (χ1v) is 13.1. The first-order chi connectivity index (χ1) is 16.5. The summed E-state index contributed by atoms with van der Waals surface area (Å²) in [6.45, 7) is 5.26. The van der Waals surface area contributed by atoms with Gasteiger partial charge in [-0.3, -0.25) is 14.6 Å². The molecule has 0 spiro atoms. The Morgan fingerprint density at radius 3 is 2.26 bits per heavy atom. The lowest BCUT2D eigenvalue weighted by Gasteiger charge is -2.21. The molecule has 3 aromatic rings. The van der Waals surface area contributed by atoms with Gasteiger partial charge < -0.3 is 15.4 Å². The van der Waals surface area contributed by atoms with Gasteiger partial charge in [-0.05, 0) is 62.7 Å². The topological polar surface area (TPSA) is 126 Å². The number of amides is 2. The Bertz CT molecular complexity index is 1250. The van der Waals surface area contributed by atoms with Crippen LogP contribution < -0.4 is 20.1 Å². The van der Waals surface area contributed by atoms with Crippen molar-refractivity contribution in [2.24, 2.45) is 0 Å². The predicted molar refractivity (Wildman–Crippen MR) is 135 cm³/mol. The van der Waals surface area contributed by atoms with Gasteiger partial charge in [-0.15, -0.1) is 11.3 Å². The summed E-state index contributed by atoms with van der Waals surface area (Å²) in [5.41, 5.74) is 2.13. The second kappa shape index (κ2) is 11.0. The number of benzene rings is 2. The Kier molecular flexibility index (Phi) is 8.26. The molecule has 9 nitrogen and oxygen atoms in total. The molecule has 0 saturated heterocycles. The molecular weight excluding hydrogens is 488 g/mol. The highest BCUT2D eigenvalue weighted by Gasteiger charge is 2.24. The van der Waals surface area contributed by atoms with E-state index in [1.54, 1.807) is 40.0 Å². The lowest BCUT2D eigenvalue weighted by atomic mass is 10.0. The zero-order valence-corrected chi connectivity index (χ0v) is 21.5. The van der Waals surface area contributed by atoms with Crippen molar-refractivity contribution in [3.8, 4) is 5.75 Å². The van der Waals surface area contributed by atoms with E-state index in [1.807, 2.05) is 12.1 Å². The number of sulfonamides is 1. The van der Waals surface area contributed by atoms with Gasteiger partial charge in [0.15, 0.2) is 0 Å². The van der Waals surface area contributed by atoms with Crippen LogP contribution in [-0.2, 0) is 21.2 Å². The number of aromatic nitrogens is 1. The quantitative estimate of drug-likeness (QED) is 0.401. The molecule has 0 aliphatic heterocycles. The lowest BCUT2D eigenvalue weighted by Crippen LogP contribution is -2.45. The van der Waals surface area contributed by atoms with E-state index in [1.165, 1.54) is 47.3 Å². The van der Waals surface area contributed by atoms with Crippen molar-refractivity contribution in [3.05, 3.63) is 70.7 Å². The van der Waals surface area contributed by atoms with Crippen molar-refractivity contribution in [3.63, 3.8) is 0 Å². The lowest BCUT2D eigenvalue weighted by molar-refractivity contribution is -0.118. The van der Waals surface area contributed by atoms with E-state index in [4.69, 9.17) is 4.74 Å². The first kappa shape index (κ1) is 26.3. The SMILES string of the molecule is COc1ccc(C[C@H](NC(=O)c2cncs2)C(=O)Nc2ccc(S(=O)(=O)NC(C)(C)C)cc2)cc1. The van der Waals surface area contributed by atoms with Gasteiger partial charge in [0.1, 0.15) is 16.7 Å². The summed E-state index contributed by atoms with van der Waals surface area (Å²) in [5.74, 6) is -0.169. The Hall–Kier alpha value is -3.28. The van der Waals surface area contributed by atoms with Crippen molar-refractivity contribution in [1.82, 2.24) is 15.0 Å². The zero-order valence-electron chi connectivity index (χ0n) is 19.9. The number of rotatable bonds is 9. The standard InChI is InChI=1S/C24H28N4O5S2/c1-24(2,3)28-35(31,32)19-11-7-17(8-12-19)26-22(29)20(27-23(30)21-14-25-15-34-21)13-16-5-9-18(33-4)10-6-16/h5-12,14-15,20,28H,13H2,1-4H3,(H,26,29)(H,27,30)/t20-/m0/s1. The van der Waals surface area contributed by atoms with Gasteiger partial charge in [-0.2, -0.15) is 0 Å². The molecule has 1 heterocycles. The molecule has 0 bridgehead atoms. The molecule has 0 aliphatic carbocycles. The highest BCUT2D eigenvalue weighted by Crippen LogP contribution is 2.18. The number of nitrogens with zero attached hydrogens (tertiary/aromatic N) is 1. The zero-order chi connectivity index (χ0) is 25.6. The highest BCUT2D eigenvalue weighted by atomic mass is 32.2. The molecule has 0 aliphatic rings.